The summed E-state index contributed by atoms with van der Waals surface area (Å²) in [5.41, 5.74) is 2.79. The van der Waals surface area contributed by atoms with Crippen LogP contribution in [0.15, 0.2) is 42.7 Å². The minimum Gasteiger partial charge on any atom is -0.374 e. The lowest BCUT2D eigenvalue weighted by molar-refractivity contribution is 0.0657. The Balaban J connectivity index is 1.87. The van der Waals surface area contributed by atoms with Crippen molar-refractivity contribution >= 4 is 5.91 Å². The van der Waals surface area contributed by atoms with Gasteiger partial charge >= 0.3 is 0 Å². The molecule has 106 valence electrons. The molecule has 2 rings (SSSR count). The van der Waals surface area contributed by atoms with Crippen LogP contribution < -0.4 is 5.32 Å². The summed E-state index contributed by atoms with van der Waals surface area (Å²) in [6.07, 6.45) is 3.91. The van der Waals surface area contributed by atoms with Crippen LogP contribution in [-0.2, 0) is 17.9 Å². The first-order valence-electron chi connectivity index (χ1n) is 6.75. The Morgan fingerprint density at radius 2 is 1.95 bits per heavy atom. The van der Waals surface area contributed by atoms with Crippen molar-refractivity contribution in [1.82, 2.24) is 10.3 Å². The predicted molar refractivity (Wildman–Crippen MR) is 78.3 cm³/mol. The lowest BCUT2D eigenvalue weighted by atomic mass is 10.1. The van der Waals surface area contributed by atoms with Crippen molar-refractivity contribution in [3.63, 3.8) is 0 Å². The number of hydrogen-bond donors (Lipinski definition) is 2. The zero-order valence-corrected chi connectivity index (χ0v) is 11.8. The van der Waals surface area contributed by atoms with Crippen LogP contribution in [0.4, 0.5) is 0 Å². The van der Waals surface area contributed by atoms with Gasteiger partial charge in [-0.05, 0) is 43.2 Å². The van der Waals surface area contributed by atoms with Crippen molar-refractivity contribution in [2.75, 3.05) is 0 Å². The van der Waals surface area contributed by atoms with Gasteiger partial charge in [0.05, 0.1) is 12.7 Å². The molecule has 0 spiro atoms. The van der Waals surface area contributed by atoms with Gasteiger partial charge < -0.3 is 15.0 Å². The topological polar surface area (TPSA) is 54.1 Å². The van der Waals surface area contributed by atoms with Gasteiger partial charge in [0.2, 0.25) is 0 Å². The molecule has 0 bridgehead atoms. The molecule has 1 aromatic heterocycles. The van der Waals surface area contributed by atoms with Gasteiger partial charge in [-0.25, -0.2) is 0 Å². The third-order valence-electron chi connectivity index (χ3n) is 2.91. The molecule has 1 amide bonds. The standard InChI is InChI=1S/C16H20N2O2/c1-12(2)20-11-13-3-5-15(6-4-13)16(19)18-10-14-7-8-17-9-14/h3-9,12,17H,10-11H2,1-2H3,(H,18,19). The molecule has 0 unspecified atom stereocenters. The van der Waals surface area contributed by atoms with Crippen molar-refractivity contribution in [3.8, 4) is 0 Å². The Hall–Kier alpha value is -2.07. The molecule has 20 heavy (non-hydrogen) atoms. The summed E-state index contributed by atoms with van der Waals surface area (Å²) in [6.45, 7) is 5.11. The van der Waals surface area contributed by atoms with Crippen molar-refractivity contribution in [3.05, 3.63) is 59.4 Å². The number of H-pyrrole nitrogens is 1. The van der Waals surface area contributed by atoms with E-state index in [1.165, 1.54) is 0 Å². The second-order valence-corrected chi connectivity index (χ2v) is 4.96. The summed E-state index contributed by atoms with van der Waals surface area (Å²) >= 11 is 0. The van der Waals surface area contributed by atoms with E-state index in [0.29, 0.717) is 18.7 Å². The lowest BCUT2D eigenvalue weighted by Crippen LogP contribution is -2.22. The number of aromatic amines is 1. The van der Waals surface area contributed by atoms with Gasteiger partial charge in [-0.1, -0.05) is 12.1 Å². The van der Waals surface area contributed by atoms with Crippen LogP contribution in [0.25, 0.3) is 0 Å². The molecule has 2 N–H and O–H groups in total. The molecule has 0 aliphatic carbocycles. The van der Waals surface area contributed by atoms with E-state index in [1.54, 1.807) is 0 Å². The van der Waals surface area contributed by atoms with E-state index < -0.39 is 0 Å². The second kappa shape index (κ2) is 6.91. The summed E-state index contributed by atoms with van der Waals surface area (Å²) in [6, 6.07) is 9.44. The minimum atomic E-state index is -0.0671. The third kappa shape index (κ3) is 4.24. The Morgan fingerprint density at radius 3 is 2.55 bits per heavy atom. The van der Waals surface area contributed by atoms with Gasteiger partial charge in [-0.15, -0.1) is 0 Å². The normalized spacial score (nSPS) is 10.8. The molecule has 0 radical (unpaired) electrons. The number of benzene rings is 1. The molecule has 4 heteroatoms. The van der Waals surface area contributed by atoms with Crippen molar-refractivity contribution in [2.45, 2.75) is 33.1 Å². The first-order chi connectivity index (χ1) is 9.65. The van der Waals surface area contributed by atoms with E-state index in [4.69, 9.17) is 4.74 Å². The Bertz CT molecular complexity index is 530. The summed E-state index contributed by atoms with van der Waals surface area (Å²) in [4.78, 5) is 14.9. The molecule has 0 aliphatic heterocycles. The fourth-order valence-electron chi connectivity index (χ4n) is 1.77. The van der Waals surface area contributed by atoms with E-state index in [0.717, 1.165) is 11.1 Å². The maximum Gasteiger partial charge on any atom is 0.251 e. The smallest absolute Gasteiger partial charge is 0.251 e. The van der Waals surface area contributed by atoms with E-state index in [2.05, 4.69) is 10.3 Å². The largest absolute Gasteiger partial charge is 0.374 e. The number of rotatable bonds is 6. The molecule has 0 saturated carbocycles. The van der Waals surface area contributed by atoms with Crippen LogP contribution >= 0.6 is 0 Å². The molecular formula is C16H20N2O2. The summed E-state index contributed by atoms with van der Waals surface area (Å²) < 4.78 is 5.52. The Labute approximate surface area is 119 Å². The van der Waals surface area contributed by atoms with Gasteiger partial charge in [0.15, 0.2) is 0 Å². The molecule has 0 aliphatic rings. The van der Waals surface area contributed by atoms with Gasteiger partial charge in [0.1, 0.15) is 0 Å². The molecule has 0 saturated heterocycles. The monoisotopic (exact) mass is 272 g/mol. The highest BCUT2D eigenvalue weighted by Gasteiger charge is 2.05. The number of nitrogens with one attached hydrogen (secondary N) is 2. The SMILES string of the molecule is CC(C)OCc1ccc(C(=O)NCc2cc[nH]c2)cc1. The number of aromatic nitrogens is 1. The average molecular weight is 272 g/mol. The average Bonchev–Trinajstić information content (AvgIpc) is 2.96. The summed E-state index contributed by atoms with van der Waals surface area (Å²) in [5.74, 6) is -0.0671. The number of carbonyl (C=O) groups excluding carboxylic acids is 1. The van der Waals surface area contributed by atoms with Crippen LogP contribution in [0.1, 0.15) is 35.3 Å². The molecule has 0 atom stereocenters. The number of ether oxygens (including phenoxy) is 1. The molecule has 0 fully saturated rings. The maximum atomic E-state index is 12.0. The minimum absolute atomic E-state index is 0.0671. The van der Waals surface area contributed by atoms with Crippen LogP contribution in [0.2, 0.25) is 0 Å². The molecule has 4 nitrogen and oxygen atoms in total. The number of hydrogen-bond acceptors (Lipinski definition) is 2. The first kappa shape index (κ1) is 14.3. The van der Waals surface area contributed by atoms with E-state index in [1.807, 2.05) is 56.6 Å². The third-order valence-corrected chi connectivity index (χ3v) is 2.91. The van der Waals surface area contributed by atoms with E-state index in [9.17, 15) is 4.79 Å². The maximum absolute atomic E-state index is 12.0. The molecule has 1 aromatic carbocycles. The van der Waals surface area contributed by atoms with Crippen molar-refractivity contribution < 1.29 is 9.53 Å². The quantitative estimate of drug-likeness (QED) is 0.849. The van der Waals surface area contributed by atoms with Gasteiger partial charge in [-0.2, -0.15) is 0 Å². The Morgan fingerprint density at radius 1 is 1.20 bits per heavy atom. The van der Waals surface area contributed by atoms with Crippen LogP contribution in [-0.4, -0.2) is 17.0 Å². The van der Waals surface area contributed by atoms with Crippen LogP contribution in [0, 0.1) is 0 Å². The van der Waals surface area contributed by atoms with Crippen LogP contribution in [0.3, 0.4) is 0 Å². The summed E-state index contributed by atoms with van der Waals surface area (Å²) in [5, 5.41) is 2.88. The second-order valence-electron chi connectivity index (χ2n) is 4.96. The highest BCUT2D eigenvalue weighted by atomic mass is 16.5. The van der Waals surface area contributed by atoms with Gasteiger partial charge in [0, 0.05) is 24.5 Å². The first-order valence-corrected chi connectivity index (χ1v) is 6.75. The predicted octanol–water partition coefficient (Wildman–Crippen LogP) is 2.87. The molecule has 2 aromatic rings. The van der Waals surface area contributed by atoms with Crippen molar-refractivity contribution in [1.29, 1.82) is 0 Å². The molecule has 1 heterocycles. The number of amides is 1. The summed E-state index contributed by atoms with van der Waals surface area (Å²) in [7, 11) is 0. The highest BCUT2D eigenvalue weighted by Crippen LogP contribution is 2.07. The van der Waals surface area contributed by atoms with E-state index in [-0.39, 0.29) is 12.0 Å². The fraction of sp³-hybridized carbons (Fsp3) is 0.312. The zero-order valence-electron chi connectivity index (χ0n) is 11.8. The lowest BCUT2D eigenvalue weighted by Gasteiger charge is -2.08. The molecular weight excluding hydrogens is 252 g/mol. The highest BCUT2D eigenvalue weighted by molar-refractivity contribution is 5.94. The van der Waals surface area contributed by atoms with Crippen molar-refractivity contribution in [2.24, 2.45) is 0 Å². The Kier molecular flexibility index (Phi) is 4.96. The van der Waals surface area contributed by atoms with Crippen LogP contribution in [0.5, 0.6) is 0 Å². The van der Waals surface area contributed by atoms with E-state index >= 15 is 0 Å². The van der Waals surface area contributed by atoms with Gasteiger partial charge in [-0.3, -0.25) is 4.79 Å². The van der Waals surface area contributed by atoms with Gasteiger partial charge in [0.25, 0.3) is 5.91 Å². The zero-order chi connectivity index (χ0) is 14.4. The number of carbonyl (C=O) groups is 1. The fourth-order valence-corrected chi connectivity index (χ4v) is 1.77.